The number of hydrogen-bond donors (Lipinski definition) is 1. The molecule has 0 aromatic heterocycles. The Balaban J connectivity index is 2.01. The smallest absolute Gasteiger partial charge is 0.320 e. The summed E-state index contributed by atoms with van der Waals surface area (Å²) >= 11 is 6.13. The molecule has 5 nitrogen and oxygen atoms in total. The molecule has 1 fully saturated rings. The van der Waals surface area contributed by atoms with Gasteiger partial charge in [-0.05, 0) is 18.6 Å². The molecule has 0 spiro atoms. The lowest BCUT2D eigenvalue weighted by molar-refractivity contribution is -0.146. The molecule has 1 aliphatic heterocycles. The summed E-state index contributed by atoms with van der Waals surface area (Å²) in [6.45, 7) is 2.44. The lowest BCUT2D eigenvalue weighted by Crippen LogP contribution is -2.56. The fourth-order valence-electron chi connectivity index (χ4n) is 2.20. The minimum atomic E-state index is -0.851. The second-order valence-electron chi connectivity index (χ2n) is 5.03. The van der Waals surface area contributed by atoms with Crippen LogP contribution in [-0.4, -0.2) is 47.0 Å². The van der Waals surface area contributed by atoms with Crippen LogP contribution >= 0.6 is 11.6 Å². The first-order valence-corrected chi connectivity index (χ1v) is 6.78. The van der Waals surface area contributed by atoms with E-state index in [0.29, 0.717) is 5.02 Å². The Morgan fingerprint density at radius 3 is 2.55 bits per heavy atom. The van der Waals surface area contributed by atoms with Crippen molar-refractivity contribution < 1.29 is 14.7 Å². The van der Waals surface area contributed by atoms with Gasteiger partial charge in [0, 0.05) is 25.2 Å². The van der Waals surface area contributed by atoms with Crippen molar-refractivity contribution in [1.82, 2.24) is 9.80 Å². The van der Waals surface area contributed by atoms with Crippen LogP contribution < -0.4 is 0 Å². The number of carbonyl (C=O) groups excluding carboxylic acids is 1. The first kappa shape index (κ1) is 14.7. The van der Waals surface area contributed by atoms with Crippen LogP contribution in [0.5, 0.6) is 0 Å². The summed E-state index contributed by atoms with van der Waals surface area (Å²) in [6.07, 6.45) is 0. The molecule has 0 aliphatic carbocycles. The van der Waals surface area contributed by atoms with E-state index in [1.165, 1.54) is 4.90 Å². The van der Waals surface area contributed by atoms with E-state index < -0.39 is 11.9 Å². The van der Waals surface area contributed by atoms with Crippen molar-refractivity contribution in [3.63, 3.8) is 0 Å². The van der Waals surface area contributed by atoms with Crippen molar-refractivity contribution in [1.29, 1.82) is 0 Å². The Morgan fingerprint density at radius 2 is 2.00 bits per heavy atom. The SMILES string of the molecule is CC(c1ccccc1Cl)N(C)C(=O)N1CC(C(=O)O)C1. The number of nitrogens with zero attached hydrogens (tertiary/aromatic N) is 2. The predicted octanol–water partition coefficient (Wildman–Crippen LogP) is 2.47. The highest BCUT2D eigenvalue weighted by molar-refractivity contribution is 6.31. The van der Waals surface area contributed by atoms with Gasteiger partial charge >= 0.3 is 12.0 Å². The molecule has 1 N–H and O–H groups in total. The minimum absolute atomic E-state index is 0.167. The van der Waals surface area contributed by atoms with Crippen LogP contribution in [0.4, 0.5) is 4.79 Å². The summed E-state index contributed by atoms with van der Waals surface area (Å²) in [4.78, 5) is 26.1. The number of carbonyl (C=O) groups is 2. The molecular weight excluding hydrogens is 280 g/mol. The molecule has 2 amide bonds. The second kappa shape index (κ2) is 5.71. The van der Waals surface area contributed by atoms with Crippen LogP contribution in [0.25, 0.3) is 0 Å². The summed E-state index contributed by atoms with van der Waals surface area (Å²) in [7, 11) is 1.70. The van der Waals surface area contributed by atoms with Crippen LogP contribution in [0.2, 0.25) is 5.02 Å². The van der Waals surface area contributed by atoms with E-state index in [1.54, 1.807) is 18.0 Å². The molecule has 6 heteroatoms. The van der Waals surface area contributed by atoms with Gasteiger partial charge in [-0.25, -0.2) is 4.79 Å². The van der Waals surface area contributed by atoms with Gasteiger partial charge in [-0.2, -0.15) is 0 Å². The zero-order chi connectivity index (χ0) is 14.9. The maximum absolute atomic E-state index is 12.2. The van der Waals surface area contributed by atoms with E-state index >= 15 is 0 Å². The average molecular weight is 297 g/mol. The third-order valence-electron chi connectivity index (χ3n) is 3.74. The van der Waals surface area contributed by atoms with Crippen molar-refractivity contribution in [2.24, 2.45) is 5.92 Å². The van der Waals surface area contributed by atoms with Crippen LogP contribution in [-0.2, 0) is 4.79 Å². The number of benzene rings is 1. The molecule has 1 aromatic rings. The summed E-state index contributed by atoms with van der Waals surface area (Å²) < 4.78 is 0. The van der Waals surface area contributed by atoms with Gasteiger partial charge in [0.05, 0.1) is 12.0 Å². The number of carboxylic acids is 1. The highest BCUT2D eigenvalue weighted by Gasteiger charge is 2.37. The second-order valence-corrected chi connectivity index (χ2v) is 5.44. The van der Waals surface area contributed by atoms with Crippen molar-refractivity contribution in [3.05, 3.63) is 34.9 Å². The molecule has 0 bridgehead atoms. The normalized spacial score (nSPS) is 16.4. The molecule has 1 aromatic carbocycles. The van der Waals surface area contributed by atoms with Crippen molar-refractivity contribution in [3.8, 4) is 0 Å². The van der Waals surface area contributed by atoms with Crippen LogP contribution in [0, 0.1) is 5.92 Å². The van der Waals surface area contributed by atoms with E-state index in [1.807, 2.05) is 25.1 Å². The monoisotopic (exact) mass is 296 g/mol. The van der Waals surface area contributed by atoms with E-state index in [4.69, 9.17) is 16.7 Å². The maximum atomic E-state index is 12.2. The Hall–Kier alpha value is -1.75. The Bertz CT molecular complexity index is 529. The van der Waals surface area contributed by atoms with Gasteiger partial charge in [0.15, 0.2) is 0 Å². The van der Waals surface area contributed by atoms with Gasteiger partial charge in [-0.15, -0.1) is 0 Å². The molecule has 108 valence electrons. The fraction of sp³-hybridized carbons (Fsp3) is 0.429. The number of aliphatic carboxylic acids is 1. The molecule has 2 rings (SSSR count). The summed E-state index contributed by atoms with van der Waals surface area (Å²) in [5.74, 6) is -1.29. The number of rotatable bonds is 3. The van der Waals surface area contributed by atoms with Crippen LogP contribution in [0.3, 0.4) is 0 Å². The first-order valence-electron chi connectivity index (χ1n) is 6.40. The van der Waals surface area contributed by atoms with Crippen molar-refractivity contribution >= 4 is 23.6 Å². The van der Waals surface area contributed by atoms with Crippen molar-refractivity contribution in [2.45, 2.75) is 13.0 Å². The van der Waals surface area contributed by atoms with Gasteiger partial charge in [0.1, 0.15) is 0 Å². The number of urea groups is 1. The highest BCUT2D eigenvalue weighted by Crippen LogP contribution is 2.28. The Labute approximate surface area is 122 Å². The van der Waals surface area contributed by atoms with Gasteiger partial charge in [-0.1, -0.05) is 29.8 Å². The van der Waals surface area contributed by atoms with Crippen molar-refractivity contribution in [2.75, 3.05) is 20.1 Å². The predicted molar refractivity (Wildman–Crippen MR) is 75.7 cm³/mol. The molecule has 1 heterocycles. The maximum Gasteiger partial charge on any atom is 0.320 e. The van der Waals surface area contributed by atoms with Gasteiger partial charge in [0.2, 0.25) is 0 Å². The number of halogens is 1. The standard InChI is InChI=1S/C14H17ClN2O3/c1-9(11-5-3-4-6-12(11)15)16(2)14(20)17-7-10(8-17)13(18)19/h3-6,9-10H,7-8H2,1-2H3,(H,18,19). The Morgan fingerprint density at radius 1 is 1.40 bits per heavy atom. The fourth-order valence-corrected chi connectivity index (χ4v) is 2.50. The average Bonchev–Trinajstić information content (AvgIpc) is 2.35. The van der Waals surface area contributed by atoms with Gasteiger partial charge in [0.25, 0.3) is 0 Å². The van der Waals surface area contributed by atoms with Crippen LogP contribution in [0.1, 0.15) is 18.5 Å². The van der Waals surface area contributed by atoms with E-state index in [9.17, 15) is 9.59 Å². The zero-order valence-corrected chi connectivity index (χ0v) is 12.2. The molecule has 1 unspecified atom stereocenters. The number of carboxylic acid groups (broad SMARTS) is 1. The highest BCUT2D eigenvalue weighted by atomic mass is 35.5. The van der Waals surface area contributed by atoms with E-state index in [2.05, 4.69) is 0 Å². The third-order valence-corrected chi connectivity index (χ3v) is 4.08. The quantitative estimate of drug-likeness (QED) is 0.932. The molecule has 1 atom stereocenters. The largest absolute Gasteiger partial charge is 0.481 e. The zero-order valence-electron chi connectivity index (χ0n) is 11.4. The van der Waals surface area contributed by atoms with E-state index in [0.717, 1.165) is 5.56 Å². The molecule has 20 heavy (non-hydrogen) atoms. The lowest BCUT2D eigenvalue weighted by Gasteiger charge is -2.40. The van der Waals surface area contributed by atoms with Gasteiger partial charge < -0.3 is 14.9 Å². The molecule has 0 saturated carbocycles. The summed E-state index contributed by atoms with van der Waals surface area (Å²) in [5.41, 5.74) is 0.875. The Kier molecular flexibility index (Phi) is 4.18. The summed E-state index contributed by atoms with van der Waals surface area (Å²) in [6, 6.07) is 7.05. The minimum Gasteiger partial charge on any atom is -0.481 e. The first-order chi connectivity index (χ1) is 9.41. The number of hydrogen-bond acceptors (Lipinski definition) is 2. The number of likely N-dealkylation sites (tertiary alicyclic amines) is 1. The molecular formula is C14H17ClN2O3. The number of amides is 2. The third kappa shape index (κ3) is 2.72. The van der Waals surface area contributed by atoms with E-state index in [-0.39, 0.29) is 25.2 Å². The van der Waals surface area contributed by atoms with Crippen LogP contribution in [0.15, 0.2) is 24.3 Å². The summed E-state index contributed by atoms with van der Waals surface area (Å²) in [5, 5.41) is 9.44. The van der Waals surface area contributed by atoms with Gasteiger partial charge in [-0.3, -0.25) is 4.79 Å². The molecule has 1 saturated heterocycles. The molecule has 0 radical (unpaired) electrons. The molecule has 1 aliphatic rings. The lowest BCUT2D eigenvalue weighted by atomic mass is 10.0. The topological polar surface area (TPSA) is 60.9 Å².